The van der Waals surface area contributed by atoms with Crippen LogP contribution in [-0.2, 0) is 0 Å². The van der Waals surface area contributed by atoms with Crippen molar-refractivity contribution in [2.75, 3.05) is 27.2 Å². The molecular weight excluding hydrogens is 252 g/mol. The minimum Gasteiger partial charge on any atom is -0.339 e. The summed E-state index contributed by atoms with van der Waals surface area (Å²) in [6.45, 7) is 1.46. The molecule has 5 nitrogen and oxygen atoms in total. The van der Waals surface area contributed by atoms with E-state index in [2.05, 4.69) is 15.3 Å². The third-order valence-corrected chi connectivity index (χ3v) is 2.88. The van der Waals surface area contributed by atoms with Gasteiger partial charge in [0.1, 0.15) is 11.5 Å². The Kier molecular flexibility index (Phi) is 5.50. The molecule has 1 N–H and O–H groups in total. The summed E-state index contributed by atoms with van der Waals surface area (Å²) in [4.78, 5) is 22.3. The van der Waals surface area contributed by atoms with E-state index in [0.29, 0.717) is 18.2 Å². The second kappa shape index (κ2) is 6.66. The maximum absolute atomic E-state index is 12.1. The summed E-state index contributed by atoms with van der Waals surface area (Å²) in [7, 11) is 3.66. The molecule has 0 atom stereocenters. The first-order valence-electron chi connectivity index (χ1n) is 5.95. The Morgan fingerprint density at radius 2 is 2.28 bits per heavy atom. The lowest BCUT2D eigenvalue weighted by atomic mass is 10.3. The number of amides is 1. The molecular formula is C12H19ClN4O. The van der Waals surface area contributed by atoms with Crippen molar-refractivity contribution < 1.29 is 4.79 Å². The highest BCUT2D eigenvalue weighted by molar-refractivity contribution is 5.92. The van der Waals surface area contributed by atoms with Crippen molar-refractivity contribution in [3.63, 3.8) is 0 Å². The maximum Gasteiger partial charge on any atom is 0.272 e. The molecule has 0 aliphatic heterocycles. The van der Waals surface area contributed by atoms with Crippen LogP contribution in [0, 0.1) is 0 Å². The molecule has 100 valence electrons. The third-order valence-electron chi connectivity index (χ3n) is 2.88. The minimum atomic E-state index is -0.0375. The Hall–Kier alpha value is -1.20. The molecule has 0 bridgehead atoms. The van der Waals surface area contributed by atoms with Gasteiger partial charge in [-0.15, -0.1) is 12.4 Å². The molecule has 6 heteroatoms. The number of rotatable bonds is 5. The molecule has 2 rings (SSSR count). The van der Waals surface area contributed by atoms with Crippen LogP contribution < -0.4 is 5.32 Å². The number of aromatic nitrogens is 2. The van der Waals surface area contributed by atoms with Crippen molar-refractivity contribution in [1.29, 1.82) is 0 Å². The first kappa shape index (κ1) is 14.9. The van der Waals surface area contributed by atoms with E-state index in [9.17, 15) is 4.79 Å². The van der Waals surface area contributed by atoms with Gasteiger partial charge in [0.25, 0.3) is 5.91 Å². The second-order valence-electron chi connectivity index (χ2n) is 4.40. The lowest BCUT2D eigenvalue weighted by Crippen LogP contribution is -2.33. The Morgan fingerprint density at radius 1 is 1.56 bits per heavy atom. The van der Waals surface area contributed by atoms with E-state index in [1.165, 1.54) is 0 Å². The van der Waals surface area contributed by atoms with Gasteiger partial charge in [0.15, 0.2) is 0 Å². The largest absolute Gasteiger partial charge is 0.339 e. The molecule has 1 aliphatic carbocycles. The van der Waals surface area contributed by atoms with Gasteiger partial charge in [0, 0.05) is 32.3 Å². The van der Waals surface area contributed by atoms with Crippen molar-refractivity contribution >= 4 is 18.3 Å². The van der Waals surface area contributed by atoms with Crippen LogP contribution in [0.5, 0.6) is 0 Å². The van der Waals surface area contributed by atoms with Crippen molar-refractivity contribution in [3.8, 4) is 0 Å². The lowest BCUT2D eigenvalue weighted by molar-refractivity contribution is 0.0790. The van der Waals surface area contributed by atoms with Crippen LogP contribution >= 0.6 is 12.4 Å². The zero-order valence-corrected chi connectivity index (χ0v) is 11.5. The van der Waals surface area contributed by atoms with Gasteiger partial charge in [0.05, 0.1) is 0 Å². The van der Waals surface area contributed by atoms with Crippen LogP contribution in [-0.4, -0.2) is 48.0 Å². The molecule has 18 heavy (non-hydrogen) atoms. The maximum atomic E-state index is 12.1. The number of halogens is 1. The highest BCUT2D eigenvalue weighted by atomic mass is 35.5. The highest BCUT2D eigenvalue weighted by Gasteiger charge is 2.27. The van der Waals surface area contributed by atoms with Crippen LogP contribution in [0.15, 0.2) is 12.3 Å². The summed E-state index contributed by atoms with van der Waals surface area (Å²) in [6, 6.07) is 1.68. The van der Waals surface area contributed by atoms with Gasteiger partial charge in [-0.3, -0.25) is 4.79 Å². The van der Waals surface area contributed by atoms with Gasteiger partial charge in [-0.25, -0.2) is 9.97 Å². The summed E-state index contributed by atoms with van der Waals surface area (Å²) < 4.78 is 0. The summed E-state index contributed by atoms with van der Waals surface area (Å²) in [5.74, 6) is 1.26. The van der Waals surface area contributed by atoms with E-state index in [1.54, 1.807) is 24.2 Å². The zero-order chi connectivity index (χ0) is 12.3. The van der Waals surface area contributed by atoms with E-state index < -0.39 is 0 Å². The number of carbonyl (C=O) groups excluding carboxylic acids is 1. The summed E-state index contributed by atoms with van der Waals surface area (Å²) in [5, 5.41) is 3.02. The molecule has 1 fully saturated rings. The molecule has 1 heterocycles. The van der Waals surface area contributed by atoms with E-state index in [4.69, 9.17) is 0 Å². The van der Waals surface area contributed by atoms with Crippen LogP contribution in [0.1, 0.15) is 35.1 Å². The monoisotopic (exact) mass is 270 g/mol. The molecule has 1 aromatic rings. The van der Waals surface area contributed by atoms with E-state index in [-0.39, 0.29) is 18.3 Å². The summed E-state index contributed by atoms with van der Waals surface area (Å²) in [5.41, 5.74) is 0.500. The Morgan fingerprint density at radius 3 is 2.89 bits per heavy atom. The number of likely N-dealkylation sites (N-methyl/N-ethyl adjacent to an activating group) is 2. The van der Waals surface area contributed by atoms with Gasteiger partial charge in [-0.1, -0.05) is 0 Å². The first-order valence-corrected chi connectivity index (χ1v) is 5.95. The van der Waals surface area contributed by atoms with E-state index in [1.807, 2.05) is 7.05 Å². The predicted molar refractivity (Wildman–Crippen MR) is 72.1 cm³/mol. The molecule has 0 saturated heterocycles. The van der Waals surface area contributed by atoms with Crippen LogP contribution in [0.25, 0.3) is 0 Å². The molecule has 0 unspecified atom stereocenters. The van der Waals surface area contributed by atoms with Gasteiger partial charge >= 0.3 is 0 Å². The second-order valence-corrected chi connectivity index (χ2v) is 4.40. The van der Waals surface area contributed by atoms with Crippen molar-refractivity contribution in [1.82, 2.24) is 20.2 Å². The molecule has 1 aliphatic rings. The van der Waals surface area contributed by atoms with Gasteiger partial charge in [-0.2, -0.15) is 0 Å². The van der Waals surface area contributed by atoms with Crippen molar-refractivity contribution in [2.45, 2.75) is 18.8 Å². The molecule has 0 spiro atoms. The van der Waals surface area contributed by atoms with Gasteiger partial charge < -0.3 is 10.2 Å². The number of hydrogen-bond donors (Lipinski definition) is 1. The fraction of sp³-hybridized carbons (Fsp3) is 0.583. The van der Waals surface area contributed by atoms with Gasteiger partial charge in [0.2, 0.25) is 0 Å². The molecule has 0 radical (unpaired) electrons. The predicted octanol–water partition coefficient (Wildman–Crippen LogP) is 1.07. The Balaban J connectivity index is 0.00000162. The van der Waals surface area contributed by atoms with Crippen LogP contribution in [0.3, 0.4) is 0 Å². The normalized spacial score (nSPS) is 13.9. The fourth-order valence-electron chi connectivity index (χ4n) is 1.61. The van der Waals surface area contributed by atoms with Gasteiger partial charge in [-0.05, 0) is 26.0 Å². The average molecular weight is 271 g/mol. The van der Waals surface area contributed by atoms with E-state index >= 15 is 0 Å². The third kappa shape index (κ3) is 3.65. The number of carbonyl (C=O) groups is 1. The molecule has 0 aromatic carbocycles. The Labute approximate surface area is 113 Å². The molecule has 1 amide bonds. The zero-order valence-electron chi connectivity index (χ0n) is 10.7. The molecule has 1 saturated carbocycles. The smallest absolute Gasteiger partial charge is 0.272 e. The summed E-state index contributed by atoms with van der Waals surface area (Å²) in [6.07, 6.45) is 3.97. The van der Waals surface area contributed by atoms with Crippen molar-refractivity contribution in [3.05, 3.63) is 23.8 Å². The average Bonchev–Trinajstić information content (AvgIpc) is 3.19. The molecule has 1 aromatic heterocycles. The highest BCUT2D eigenvalue weighted by Crippen LogP contribution is 2.37. The van der Waals surface area contributed by atoms with Crippen molar-refractivity contribution in [2.24, 2.45) is 0 Å². The number of hydrogen-bond acceptors (Lipinski definition) is 4. The number of nitrogens with zero attached hydrogens (tertiary/aromatic N) is 3. The quantitative estimate of drug-likeness (QED) is 0.870. The first-order chi connectivity index (χ1) is 8.22. The standard InChI is InChI=1S/C12H18N4O.ClH/c1-13-7-8-16(2)12(17)10-5-6-14-11(15-10)9-3-4-9;/h5-6,9,13H,3-4,7-8H2,1-2H3;1H. The van der Waals surface area contributed by atoms with Crippen LogP contribution in [0.4, 0.5) is 0 Å². The minimum absolute atomic E-state index is 0. The lowest BCUT2D eigenvalue weighted by Gasteiger charge is -2.16. The SMILES string of the molecule is CNCCN(C)C(=O)c1ccnc(C2CC2)n1.Cl. The topological polar surface area (TPSA) is 58.1 Å². The van der Waals surface area contributed by atoms with E-state index in [0.717, 1.165) is 25.2 Å². The summed E-state index contributed by atoms with van der Waals surface area (Å²) >= 11 is 0. The fourth-order valence-corrected chi connectivity index (χ4v) is 1.61. The van der Waals surface area contributed by atoms with Crippen LogP contribution in [0.2, 0.25) is 0 Å². The number of nitrogens with one attached hydrogen (secondary N) is 1. The Bertz CT molecular complexity index is 409.